The Balaban J connectivity index is 1.53. The molecule has 0 unspecified atom stereocenters. The van der Waals surface area contributed by atoms with Gasteiger partial charge in [-0.2, -0.15) is 5.10 Å². The first-order valence-corrected chi connectivity index (χ1v) is 7.91. The van der Waals surface area contributed by atoms with Crippen LogP contribution in [0.1, 0.15) is 34.9 Å². The molecule has 26 heavy (non-hydrogen) atoms. The van der Waals surface area contributed by atoms with Gasteiger partial charge in [0.1, 0.15) is 5.75 Å². The summed E-state index contributed by atoms with van der Waals surface area (Å²) in [6.45, 7) is 0. The molecular formula is C17H13F3N4O2. The lowest BCUT2D eigenvalue weighted by atomic mass is 10.2. The number of benzene rings is 1. The second-order valence-corrected chi connectivity index (χ2v) is 5.96. The molecule has 9 heteroatoms. The molecule has 1 fully saturated rings. The standard InChI is InChI=1S/C17H13F3N4O2/c18-17(19,20)26-12-7-5-11(6-8-12)16(25)21-13-2-1-9-24-15(13)22-14(23-24)10-3-4-10/h1-2,5-10H,3-4H2,(H,21,25). The molecular weight excluding hydrogens is 349 g/mol. The smallest absolute Gasteiger partial charge is 0.406 e. The maximum absolute atomic E-state index is 12.4. The number of halogens is 3. The summed E-state index contributed by atoms with van der Waals surface area (Å²) in [5.41, 5.74) is 1.20. The van der Waals surface area contributed by atoms with Crippen LogP contribution in [-0.2, 0) is 0 Å². The fourth-order valence-corrected chi connectivity index (χ4v) is 2.54. The number of hydrogen-bond acceptors (Lipinski definition) is 4. The maximum Gasteiger partial charge on any atom is 0.573 e. The zero-order valence-electron chi connectivity index (χ0n) is 13.3. The van der Waals surface area contributed by atoms with Crippen LogP contribution in [0.5, 0.6) is 5.75 Å². The molecule has 1 N–H and O–H groups in total. The van der Waals surface area contributed by atoms with E-state index in [9.17, 15) is 18.0 Å². The fraction of sp³-hybridized carbons (Fsp3) is 0.235. The first kappa shape index (κ1) is 16.4. The molecule has 0 radical (unpaired) electrons. The molecule has 1 aliphatic carbocycles. The van der Waals surface area contributed by atoms with Gasteiger partial charge in [-0.05, 0) is 49.2 Å². The van der Waals surface area contributed by atoms with Gasteiger partial charge >= 0.3 is 6.36 Å². The van der Waals surface area contributed by atoms with Crippen molar-refractivity contribution in [2.75, 3.05) is 5.32 Å². The van der Waals surface area contributed by atoms with Gasteiger partial charge in [0.25, 0.3) is 5.91 Å². The van der Waals surface area contributed by atoms with Crippen molar-refractivity contribution in [3.8, 4) is 5.75 Å². The summed E-state index contributed by atoms with van der Waals surface area (Å²) in [6.07, 6.45) is -0.907. The molecule has 6 nitrogen and oxygen atoms in total. The number of carbonyl (C=O) groups is 1. The van der Waals surface area contributed by atoms with Gasteiger partial charge in [-0.3, -0.25) is 4.79 Å². The van der Waals surface area contributed by atoms with Gasteiger partial charge in [-0.25, -0.2) is 9.50 Å². The van der Waals surface area contributed by atoms with Crippen LogP contribution >= 0.6 is 0 Å². The third-order valence-electron chi connectivity index (χ3n) is 3.92. The lowest BCUT2D eigenvalue weighted by molar-refractivity contribution is -0.274. The van der Waals surface area contributed by atoms with Crippen LogP contribution in [-0.4, -0.2) is 26.9 Å². The molecule has 0 saturated heterocycles. The summed E-state index contributed by atoms with van der Waals surface area (Å²) in [7, 11) is 0. The SMILES string of the molecule is O=C(Nc1cccn2nc(C3CC3)nc12)c1ccc(OC(F)(F)F)cc1. The quantitative estimate of drug-likeness (QED) is 0.767. The Morgan fingerprint density at radius 2 is 1.92 bits per heavy atom. The second-order valence-electron chi connectivity index (χ2n) is 5.96. The van der Waals surface area contributed by atoms with Crippen LogP contribution < -0.4 is 10.1 Å². The number of nitrogens with one attached hydrogen (secondary N) is 1. The van der Waals surface area contributed by atoms with E-state index in [0.29, 0.717) is 17.3 Å². The van der Waals surface area contributed by atoms with Gasteiger partial charge in [-0.15, -0.1) is 13.2 Å². The molecule has 2 aromatic heterocycles. The fourth-order valence-electron chi connectivity index (χ4n) is 2.54. The van der Waals surface area contributed by atoms with Crippen LogP contribution in [0.25, 0.3) is 5.65 Å². The number of aromatic nitrogens is 3. The van der Waals surface area contributed by atoms with E-state index in [1.165, 1.54) is 12.1 Å². The van der Waals surface area contributed by atoms with Crippen molar-refractivity contribution in [2.45, 2.75) is 25.1 Å². The van der Waals surface area contributed by atoms with E-state index in [4.69, 9.17) is 0 Å². The molecule has 3 aromatic rings. The van der Waals surface area contributed by atoms with Gasteiger partial charge in [0, 0.05) is 17.7 Å². The molecule has 1 aromatic carbocycles. The van der Waals surface area contributed by atoms with Crippen molar-refractivity contribution >= 4 is 17.2 Å². The predicted octanol–water partition coefficient (Wildman–Crippen LogP) is 3.76. The van der Waals surface area contributed by atoms with E-state index in [1.54, 1.807) is 22.8 Å². The van der Waals surface area contributed by atoms with E-state index in [1.807, 2.05) is 0 Å². The molecule has 4 rings (SSSR count). The minimum absolute atomic E-state index is 0.198. The summed E-state index contributed by atoms with van der Waals surface area (Å²) in [5.74, 6) is 0.273. The number of pyridine rings is 1. The summed E-state index contributed by atoms with van der Waals surface area (Å²) in [6, 6.07) is 8.12. The number of rotatable bonds is 4. The van der Waals surface area contributed by atoms with E-state index < -0.39 is 12.3 Å². The first-order chi connectivity index (χ1) is 12.4. The van der Waals surface area contributed by atoms with E-state index in [0.717, 1.165) is 30.8 Å². The summed E-state index contributed by atoms with van der Waals surface area (Å²) >= 11 is 0. The predicted molar refractivity (Wildman–Crippen MR) is 86.0 cm³/mol. The van der Waals surface area contributed by atoms with Crippen molar-refractivity contribution in [3.63, 3.8) is 0 Å². The van der Waals surface area contributed by atoms with Crippen molar-refractivity contribution in [1.82, 2.24) is 14.6 Å². The molecule has 0 aliphatic heterocycles. The lowest BCUT2D eigenvalue weighted by Gasteiger charge is -2.09. The average Bonchev–Trinajstić information content (AvgIpc) is 3.33. The van der Waals surface area contributed by atoms with E-state index >= 15 is 0 Å². The van der Waals surface area contributed by atoms with Crippen molar-refractivity contribution in [2.24, 2.45) is 0 Å². The minimum Gasteiger partial charge on any atom is -0.406 e. The van der Waals surface area contributed by atoms with Gasteiger partial charge < -0.3 is 10.1 Å². The number of alkyl halides is 3. The molecule has 0 bridgehead atoms. The number of hydrogen-bond donors (Lipinski definition) is 1. The molecule has 1 amide bonds. The van der Waals surface area contributed by atoms with Crippen LogP contribution in [0.3, 0.4) is 0 Å². The molecule has 0 atom stereocenters. The van der Waals surface area contributed by atoms with Crippen LogP contribution in [0.15, 0.2) is 42.6 Å². The second kappa shape index (κ2) is 6.01. The number of anilines is 1. The average molecular weight is 362 g/mol. The highest BCUT2D eigenvalue weighted by Gasteiger charge is 2.31. The normalized spacial score (nSPS) is 14.4. The lowest BCUT2D eigenvalue weighted by Crippen LogP contribution is -2.17. The van der Waals surface area contributed by atoms with E-state index in [-0.39, 0.29) is 11.3 Å². The summed E-state index contributed by atoms with van der Waals surface area (Å²) < 4.78 is 41.9. The zero-order valence-corrected chi connectivity index (χ0v) is 13.3. The van der Waals surface area contributed by atoms with E-state index in [2.05, 4.69) is 20.1 Å². The molecule has 1 aliphatic rings. The largest absolute Gasteiger partial charge is 0.573 e. The Bertz CT molecular complexity index is 962. The third-order valence-corrected chi connectivity index (χ3v) is 3.92. The highest BCUT2D eigenvalue weighted by molar-refractivity contribution is 6.06. The Labute approximate surface area is 145 Å². The maximum atomic E-state index is 12.4. The number of carbonyl (C=O) groups excluding carboxylic acids is 1. The monoisotopic (exact) mass is 362 g/mol. The van der Waals surface area contributed by atoms with Crippen molar-refractivity contribution in [1.29, 1.82) is 0 Å². The summed E-state index contributed by atoms with van der Waals surface area (Å²) in [5, 5.41) is 7.11. The number of fused-ring (bicyclic) bond motifs is 1. The molecule has 134 valence electrons. The van der Waals surface area contributed by atoms with Gasteiger partial charge in [0.15, 0.2) is 11.5 Å². The highest BCUT2D eigenvalue weighted by Crippen LogP contribution is 2.38. The Hall–Kier alpha value is -3.10. The highest BCUT2D eigenvalue weighted by atomic mass is 19.4. The van der Waals surface area contributed by atoms with Gasteiger partial charge in [-0.1, -0.05) is 0 Å². The summed E-state index contributed by atoms with van der Waals surface area (Å²) in [4.78, 5) is 16.8. The third kappa shape index (κ3) is 3.46. The molecule has 0 spiro atoms. The number of ether oxygens (including phenoxy) is 1. The van der Waals surface area contributed by atoms with Crippen LogP contribution in [0, 0.1) is 0 Å². The first-order valence-electron chi connectivity index (χ1n) is 7.91. The Morgan fingerprint density at radius 1 is 1.19 bits per heavy atom. The van der Waals surface area contributed by atoms with Gasteiger partial charge in [0.05, 0.1) is 5.69 Å². The van der Waals surface area contributed by atoms with Crippen LogP contribution in [0.4, 0.5) is 18.9 Å². The minimum atomic E-state index is -4.77. The zero-order chi connectivity index (χ0) is 18.3. The molecule has 2 heterocycles. The van der Waals surface area contributed by atoms with Gasteiger partial charge in [0.2, 0.25) is 0 Å². The molecule has 1 saturated carbocycles. The number of nitrogens with zero attached hydrogens (tertiary/aromatic N) is 3. The van der Waals surface area contributed by atoms with Crippen molar-refractivity contribution in [3.05, 3.63) is 54.0 Å². The Morgan fingerprint density at radius 3 is 2.58 bits per heavy atom. The Kier molecular flexibility index (Phi) is 3.78. The van der Waals surface area contributed by atoms with Crippen molar-refractivity contribution < 1.29 is 22.7 Å². The van der Waals surface area contributed by atoms with Crippen LogP contribution in [0.2, 0.25) is 0 Å². The number of amides is 1. The topological polar surface area (TPSA) is 68.5 Å².